The Morgan fingerprint density at radius 3 is 2.52 bits per heavy atom. The third kappa shape index (κ3) is 13.8. The van der Waals surface area contributed by atoms with Crippen molar-refractivity contribution in [3.63, 3.8) is 0 Å². The molecule has 3 heteroatoms. The van der Waals surface area contributed by atoms with Crippen molar-refractivity contribution in [2.75, 3.05) is 6.61 Å². The molecule has 0 N–H and O–H groups in total. The highest BCUT2D eigenvalue weighted by molar-refractivity contribution is 5.79. The van der Waals surface area contributed by atoms with E-state index in [-0.39, 0.29) is 11.5 Å². The first-order valence-electron chi connectivity index (χ1n) is 15.6. The minimum Gasteiger partial charge on any atom is -0.494 e. The topological polar surface area (TPSA) is 35.5 Å². The Kier molecular flexibility index (Phi) is 15.3. The zero-order valence-corrected chi connectivity index (χ0v) is 26.3. The highest BCUT2D eigenvalue weighted by Gasteiger charge is 2.27. The summed E-state index contributed by atoms with van der Waals surface area (Å²) in [5.74, 6) is 2.28. The van der Waals surface area contributed by atoms with Crippen molar-refractivity contribution in [1.29, 1.82) is 0 Å². The average molecular weight is 549 g/mol. The number of carbonyl (C=O) groups excluding carboxylic acids is 1. The minimum absolute atomic E-state index is 0.0389. The van der Waals surface area contributed by atoms with Crippen LogP contribution in [0.15, 0.2) is 78.1 Å². The van der Waals surface area contributed by atoms with E-state index in [1.807, 2.05) is 37.3 Å². The van der Waals surface area contributed by atoms with Crippen molar-refractivity contribution < 1.29 is 14.3 Å². The lowest BCUT2D eigenvalue weighted by Crippen LogP contribution is -2.28. The van der Waals surface area contributed by atoms with Crippen LogP contribution in [0.2, 0.25) is 0 Å². The van der Waals surface area contributed by atoms with E-state index < -0.39 is 0 Å². The SMILES string of the molecule is C=C(/C=C\C=C(/C)OCc1ccccc1)C1=CCC(CCC(CC(=O)CC(C)(C)C)C(CCCC)OCC)CC1. The molecule has 0 aromatic heterocycles. The number of carbonyl (C=O) groups is 1. The molecule has 3 nitrogen and oxygen atoms in total. The lowest BCUT2D eigenvalue weighted by atomic mass is 9.79. The Bertz CT molecular complexity index is 976. The molecule has 3 unspecified atom stereocenters. The van der Waals surface area contributed by atoms with Crippen molar-refractivity contribution in [1.82, 2.24) is 0 Å². The Hall–Kier alpha value is -2.39. The number of ether oxygens (including phenoxy) is 2. The van der Waals surface area contributed by atoms with Gasteiger partial charge in [0.05, 0.1) is 11.9 Å². The van der Waals surface area contributed by atoms with Gasteiger partial charge in [0, 0.05) is 19.4 Å². The second-order valence-electron chi connectivity index (χ2n) is 12.8. The highest BCUT2D eigenvalue weighted by Crippen LogP contribution is 2.34. The number of hydrogen-bond acceptors (Lipinski definition) is 3. The summed E-state index contributed by atoms with van der Waals surface area (Å²) in [6.45, 7) is 18.4. The number of unbranched alkanes of at least 4 members (excludes halogenated alkanes) is 1. The molecule has 0 saturated carbocycles. The van der Waals surface area contributed by atoms with Gasteiger partial charge in [-0.05, 0) is 92.4 Å². The van der Waals surface area contributed by atoms with E-state index in [4.69, 9.17) is 9.47 Å². The van der Waals surface area contributed by atoms with Crippen LogP contribution in [-0.2, 0) is 20.9 Å². The summed E-state index contributed by atoms with van der Waals surface area (Å²) in [5.41, 5.74) is 3.66. The Morgan fingerprint density at radius 1 is 1.15 bits per heavy atom. The van der Waals surface area contributed by atoms with Gasteiger partial charge in [0.15, 0.2) is 0 Å². The minimum atomic E-state index is 0.0389. The van der Waals surface area contributed by atoms with Gasteiger partial charge in [0.2, 0.25) is 0 Å². The first-order valence-corrected chi connectivity index (χ1v) is 15.6. The maximum absolute atomic E-state index is 13.0. The van der Waals surface area contributed by atoms with E-state index in [0.29, 0.717) is 37.1 Å². The van der Waals surface area contributed by atoms with Gasteiger partial charge in [0.1, 0.15) is 12.4 Å². The third-order valence-corrected chi connectivity index (χ3v) is 7.78. The summed E-state index contributed by atoms with van der Waals surface area (Å²) in [5, 5.41) is 0. The molecule has 1 aliphatic rings. The first kappa shape index (κ1) is 33.8. The van der Waals surface area contributed by atoms with Gasteiger partial charge in [-0.3, -0.25) is 4.79 Å². The van der Waals surface area contributed by atoms with Crippen LogP contribution in [0.5, 0.6) is 0 Å². The number of rotatable bonds is 18. The van der Waals surface area contributed by atoms with Crippen LogP contribution < -0.4 is 0 Å². The van der Waals surface area contributed by atoms with Crippen LogP contribution in [0.25, 0.3) is 0 Å². The van der Waals surface area contributed by atoms with Crippen LogP contribution in [0.3, 0.4) is 0 Å². The Balaban J connectivity index is 1.89. The molecule has 0 spiro atoms. The number of allylic oxidation sites excluding steroid dienone is 7. The molecule has 222 valence electrons. The molecular weight excluding hydrogens is 492 g/mol. The third-order valence-electron chi connectivity index (χ3n) is 7.78. The van der Waals surface area contributed by atoms with Crippen LogP contribution in [-0.4, -0.2) is 18.5 Å². The Morgan fingerprint density at radius 2 is 1.90 bits per heavy atom. The van der Waals surface area contributed by atoms with Crippen LogP contribution in [0, 0.1) is 17.3 Å². The van der Waals surface area contributed by atoms with E-state index in [2.05, 4.69) is 65.5 Å². The summed E-state index contributed by atoms with van der Waals surface area (Å²) in [6.07, 6.45) is 19.0. The lowest BCUT2D eigenvalue weighted by molar-refractivity contribution is -0.123. The normalized spacial score (nSPS) is 17.9. The summed E-state index contributed by atoms with van der Waals surface area (Å²) < 4.78 is 12.1. The molecule has 0 saturated heterocycles. The van der Waals surface area contributed by atoms with Gasteiger partial charge >= 0.3 is 0 Å². The van der Waals surface area contributed by atoms with E-state index in [9.17, 15) is 4.79 Å². The van der Waals surface area contributed by atoms with Crippen molar-refractivity contribution in [2.45, 2.75) is 118 Å². The second-order valence-corrected chi connectivity index (χ2v) is 12.8. The standard InChI is InChI=1S/C37H56O3/c1-8-10-19-36(39-9-2)34(26-35(38)27-37(5,6)7)25-22-31-20-23-33(24-21-31)29(3)15-14-16-30(4)40-28-32-17-12-11-13-18-32/h11-18,23,31,34,36H,3,8-10,19-22,24-28H2,1-2,4-7H3/b15-14-,30-16+. The molecule has 0 bridgehead atoms. The van der Waals surface area contributed by atoms with Crippen LogP contribution in [0.4, 0.5) is 0 Å². The molecular formula is C37H56O3. The molecule has 0 heterocycles. The zero-order valence-electron chi connectivity index (χ0n) is 26.3. The molecule has 1 aromatic carbocycles. The maximum Gasteiger partial charge on any atom is 0.133 e. The summed E-state index contributed by atoms with van der Waals surface area (Å²) in [7, 11) is 0. The van der Waals surface area contributed by atoms with E-state index >= 15 is 0 Å². The highest BCUT2D eigenvalue weighted by atomic mass is 16.5. The summed E-state index contributed by atoms with van der Waals surface area (Å²) in [4.78, 5) is 13.0. The van der Waals surface area contributed by atoms with Gasteiger partial charge in [0.25, 0.3) is 0 Å². The van der Waals surface area contributed by atoms with Crippen molar-refractivity contribution in [2.24, 2.45) is 17.3 Å². The smallest absolute Gasteiger partial charge is 0.133 e. The Labute approximate surface area is 245 Å². The van der Waals surface area contributed by atoms with Crippen molar-refractivity contribution in [3.05, 3.63) is 83.7 Å². The quantitative estimate of drug-likeness (QED) is 0.135. The molecule has 0 aliphatic heterocycles. The number of hydrogen-bond donors (Lipinski definition) is 0. The van der Waals surface area contributed by atoms with Gasteiger partial charge in [-0.1, -0.05) is 95.7 Å². The fourth-order valence-electron chi connectivity index (χ4n) is 5.57. The van der Waals surface area contributed by atoms with Gasteiger partial charge < -0.3 is 9.47 Å². The van der Waals surface area contributed by atoms with Crippen LogP contribution in [0.1, 0.15) is 111 Å². The van der Waals surface area contributed by atoms with E-state index in [0.717, 1.165) is 62.9 Å². The molecule has 2 rings (SSSR count). The van der Waals surface area contributed by atoms with E-state index in [1.54, 1.807) is 0 Å². The average Bonchev–Trinajstić information content (AvgIpc) is 2.92. The van der Waals surface area contributed by atoms with Crippen molar-refractivity contribution >= 4 is 5.78 Å². The summed E-state index contributed by atoms with van der Waals surface area (Å²) in [6, 6.07) is 10.2. The van der Waals surface area contributed by atoms with Crippen molar-refractivity contribution in [3.8, 4) is 0 Å². The predicted octanol–water partition coefficient (Wildman–Crippen LogP) is 10.3. The number of benzene rings is 1. The zero-order chi connectivity index (χ0) is 29.4. The van der Waals surface area contributed by atoms with E-state index in [1.165, 1.54) is 17.6 Å². The molecule has 0 amide bonds. The second kappa shape index (κ2) is 18.1. The largest absolute Gasteiger partial charge is 0.494 e. The summed E-state index contributed by atoms with van der Waals surface area (Å²) >= 11 is 0. The fraction of sp³-hybridized carbons (Fsp3) is 0.595. The number of Topliss-reactive ketones (excluding diaryl/α,β-unsaturated/α-hetero) is 1. The predicted molar refractivity (Wildman–Crippen MR) is 170 cm³/mol. The van der Waals surface area contributed by atoms with Gasteiger partial charge in [-0.2, -0.15) is 0 Å². The van der Waals surface area contributed by atoms with Crippen LogP contribution >= 0.6 is 0 Å². The molecule has 0 radical (unpaired) electrons. The lowest BCUT2D eigenvalue weighted by Gasteiger charge is -2.30. The molecule has 0 fully saturated rings. The van der Waals surface area contributed by atoms with Gasteiger partial charge in [-0.15, -0.1) is 0 Å². The number of ketones is 1. The molecule has 1 aliphatic carbocycles. The molecule has 40 heavy (non-hydrogen) atoms. The monoisotopic (exact) mass is 548 g/mol. The van der Waals surface area contributed by atoms with Gasteiger partial charge in [-0.25, -0.2) is 0 Å². The molecule has 1 aromatic rings. The maximum atomic E-state index is 13.0. The molecule has 3 atom stereocenters. The fourth-order valence-corrected chi connectivity index (χ4v) is 5.57. The first-order chi connectivity index (χ1) is 19.1.